The first-order valence-corrected chi connectivity index (χ1v) is 17.3. The molecule has 0 aliphatic rings. The monoisotopic (exact) mass is 807 g/mol. The molecule has 0 saturated carbocycles. The van der Waals surface area contributed by atoms with Gasteiger partial charge in [-0.05, 0) is 77.0 Å². The largest absolute Gasteiger partial charge is 1.00 e. The van der Waals surface area contributed by atoms with Crippen LogP contribution in [-0.4, -0.2) is 53.9 Å². The molecule has 0 atom stereocenters. The summed E-state index contributed by atoms with van der Waals surface area (Å²) in [6.45, 7) is 0. The Hall–Kier alpha value is -1.54. The smallest absolute Gasteiger partial charge is 0.870 e. The number of halogens is 2. The molecule has 0 aliphatic carbocycles. The van der Waals surface area contributed by atoms with E-state index in [0.29, 0.717) is 22.8 Å². The summed E-state index contributed by atoms with van der Waals surface area (Å²) in [5.41, 5.74) is -1.65. The summed E-state index contributed by atoms with van der Waals surface area (Å²) in [4.78, 5) is 8.93. The van der Waals surface area contributed by atoms with Gasteiger partial charge in [0.2, 0.25) is 17.2 Å². The van der Waals surface area contributed by atoms with Crippen molar-refractivity contribution in [1.29, 1.82) is 0 Å². The van der Waals surface area contributed by atoms with Crippen LogP contribution in [0.25, 0.3) is 10.8 Å². The molecule has 0 radical (unpaired) electrons. The van der Waals surface area contributed by atoms with E-state index in [1.165, 1.54) is 12.1 Å². The number of nitrogens with one attached hydrogen (secondary N) is 2. The van der Waals surface area contributed by atoms with Gasteiger partial charge in [0.05, 0.1) is 15.5 Å². The van der Waals surface area contributed by atoms with Gasteiger partial charge in [0, 0.05) is 16.4 Å². The molecule has 3 N–H and O–H groups in total. The zero-order valence-corrected chi connectivity index (χ0v) is 35.7. The van der Waals surface area contributed by atoms with Gasteiger partial charge in [0.25, 0.3) is 10.1 Å². The van der Waals surface area contributed by atoms with Crippen LogP contribution in [0.4, 0.5) is 34.6 Å². The van der Waals surface area contributed by atoms with Gasteiger partial charge in [-0.3, -0.25) is 4.55 Å². The van der Waals surface area contributed by atoms with E-state index >= 15 is 0 Å². The molecule has 1 aromatic heterocycles. The van der Waals surface area contributed by atoms with Gasteiger partial charge in [-0.15, -0.1) is 10.2 Å². The molecule has 50 heavy (non-hydrogen) atoms. The van der Waals surface area contributed by atoms with Gasteiger partial charge in [-0.1, -0.05) is 29.5 Å². The third-order valence-electron chi connectivity index (χ3n) is 6.02. The van der Waals surface area contributed by atoms with Gasteiger partial charge in [-0.2, -0.15) is 23.4 Å². The maximum absolute atomic E-state index is 13.8. The van der Waals surface area contributed by atoms with Crippen LogP contribution >= 0.6 is 23.2 Å². The second-order valence-electron chi connectivity index (χ2n) is 9.18. The van der Waals surface area contributed by atoms with Crippen LogP contribution in [0.1, 0.15) is 0 Å². The predicted octanol–water partition coefficient (Wildman–Crippen LogP) is -4.63. The molecule has 5 aromatic rings. The Labute approximate surface area is 360 Å². The SMILES string of the molecule is O=S(=O)([O-])c1cc(Nc2nc(Cl)nc(Nc3ccc(Cl)cc3)n2)c2c([O-])c(N=Nc3ccccc3S(=O)(=O)[O-])c(S(=O)(=O)O)cc2c1.[Na+].[Na+].[Na+]. The van der Waals surface area contributed by atoms with E-state index < -0.39 is 78.6 Å². The third-order valence-corrected chi connectivity index (χ3v) is 9.00. The number of azo groups is 1. The van der Waals surface area contributed by atoms with Crippen molar-refractivity contribution in [2.45, 2.75) is 14.7 Å². The van der Waals surface area contributed by atoms with Gasteiger partial charge >= 0.3 is 88.7 Å². The molecule has 0 unspecified atom stereocenters. The number of nitrogens with zero attached hydrogens (tertiary/aromatic N) is 5. The fourth-order valence-corrected chi connectivity index (χ4v) is 6.16. The molecule has 0 fully saturated rings. The summed E-state index contributed by atoms with van der Waals surface area (Å²) in [5, 5.41) is 25.3. The second kappa shape index (κ2) is 17.5. The number of hydrogen-bond acceptors (Lipinski definition) is 16. The first-order valence-electron chi connectivity index (χ1n) is 12.3. The molecule has 4 aromatic carbocycles. The molecule has 0 saturated heterocycles. The van der Waals surface area contributed by atoms with Crippen molar-refractivity contribution in [2.24, 2.45) is 10.2 Å². The first kappa shape index (κ1) is 44.6. The molecule has 0 aliphatic heterocycles. The number of rotatable bonds is 9. The molecule has 1 heterocycles. The number of fused-ring (bicyclic) bond motifs is 1. The maximum atomic E-state index is 13.8. The van der Waals surface area contributed by atoms with Crippen LogP contribution in [0, 0.1) is 0 Å². The summed E-state index contributed by atoms with van der Waals surface area (Å²) in [5.74, 6) is -1.83. The molecular weight excluding hydrogens is 794 g/mol. The molecule has 0 amide bonds. The van der Waals surface area contributed by atoms with Crippen LogP contribution in [0.3, 0.4) is 0 Å². The third kappa shape index (κ3) is 10.8. The molecule has 25 heteroatoms. The Kier molecular flexibility index (Phi) is 15.6. The second-order valence-corrected chi connectivity index (χ2v) is 14.1. The van der Waals surface area contributed by atoms with Crippen molar-refractivity contribution >= 4 is 99.0 Å². The summed E-state index contributed by atoms with van der Waals surface area (Å²) in [6.07, 6.45) is 0. The van der Waals surface area contributed by atoms with E-state index in [9.17, 15) is 44.0 Å². The number of aromatic nitrogens is 3. The standard InChI is InChI=1S/C25H17Cl2N7O10S3.3Na/c26-13-5-7-14(8-6-13)28-24-30-23(27)31-25(32-24)29-17-11-15(45(36,37)38)9-12-10-19(47(42,43)44)21(22(35)20(12)17)34-33-16-3-1-2-4-18(16)46(39,40)41;;;/h1-11,35H,(H,36,37,38)(H,39,40,41)(H,42,43,44)(H2,28,29,30,31,32);;;/q;3*+1/p-3. The number of anilines is 4. The quantitative estimate of drug-likeness (QED) is 0.0718. The molecule has 244 valence electrons. The van der Waals surface area contributed by atoms with Crippen molar-refractivity contribution in [3.8, 4) is 5.75 Å². The van der Waals surface area contributed by atoms with Crippen LogP contribution in [0.2, 0.25) is 10.3 Å². The van der Waals surface area contributed by atoms with E-state index in [1.807, 2.05) is 0 Å². The molecule has 17 nitrogen and oxygen atoms in total. The van der Waals surface area contributed by atoms with Crippen LogP contribution in [-0.2, 0) is 30.4 Å². The van der Waals surface area contributed by atoms with Crippen molar-refractivity contribution in [2.75, 3.05) is 10.6 Å². The van der Waals surface area contributed by atoms with Crippen LogP contribution in [0.15, 0.2) is 91.6 Å². The summed E-state index contributed by atoms with van der Waals surface area (Å²) in [7, 11) is -15.6. The van der Waals surface area contributed by atoms with Gasteiger partial charge < -0.3 is 24.8 Å². The zero-order chi connectivity index (χ0) is 34.3. The topological polar surface area (TPSA) is 279 Å². The molecule has 0 spiro atoms. The molecular formula is C25H14Cl2N7Na3O10S3. The Bertz CT molecular complexity index is 2450. The van der Waals surface area contributed by atoms with Crippen molar-refractivity contribution in [3.05, 3.63) is 77.0 Å². The van der Waals surface area contributed by atoms with E-state index in [1.54, 1.807) is 24.3 Å². The minimum absolute atomic E-state index is 0. The predicted molar refractivity (Wildman–Crippen MR) is 163 cm³/mol. The fraction of sp³-hybridized carbons (Fsp3) is 0. The van der Waals surface area contributed by atoms with Crippen molar-refractivity contribution in [3.63, 3.8) is 0 Å². The van der Waals surface area contributed by atoms with Crippen LogP contribution < -0.4 is 104 Å². The van der Waals surface area contributed by atoms with Gasteiger partial charge in [-0.25, -0.2) is 16.8 Å². The summed E-state index contributed by atoms with van der Waals surface area (Å²) >= 11 is 11.9. The van der Waals surface area contributed by atoms with E-state index in [2.05, 4.69) is 35.8 Å². The minimum Gasteiger partial charge on any atom is -0.870 e. The van der Waals surface area contributed by atoms with E-state index in [0.717, 1.165) is 18.2 Å². The minimum atomic E-state index is -5.30. The van der Waals surface area contributed by atoms with Gasteiger partial charge in [0.1, 0.15) is 30.8 Å². The Morgan fingerprint density at radius 1 is 0.720 bits per heavy atom. The van der Waals surface area contributed by atoms with E-state index in [4.69, 9.17) is 23.2 Å². The van der Waals surface area contributed by atoms with Crippen LogP contribution in [0.5, 0.6) is 5.75 Å². The average molecular weight is 809 g/mol. The zero-order valence-electron chi connectivity index (χ0n) is 25.7. The molecule has 0 bridgehead atoms. The number of hydrogen-bond donors (Lipinski definition) is 3. The fourth-order valence-electron chi connectivity index (χ4n) is 4.08. The van der Waals surface area contributed by atoms with Gasteiger partial charge in [0.15, 0.2) is 0 Å². The Morgan fingerprint density at radius 2 is 1.32 bits per heavy atom. The van der Waals surface area contributed by atoms with Crippen molar-refractivity contribution < 1.29 is 133 Å². The molecule has 5 rings (SSSR count). The maximum Gasteiger partial charge on any atom is 1.00 e. The number of benzene rings is 4. The average Bonchev–Trinajstić information content (AvgIpc) is 2.96. The van der Waals surface area contributed by atoms with E-state index in [-0.39, 0.29) is 106 Å². The Balaban J connectivity index is 0.00000289. The Morgan fingerprint density at radius 3 is 1.90 bits per heavy atom. The summed E-state index contributed by atoms with van der Waals surface area (Å²) in [6, 6.07) is 12.7. The summed E-state index contributed by atoms with van der Waals surface area (Å²) < 4.78 is 105. The first-order chi connectivity index (χ1) is 21.9. The van der Waals surface area contributed by atoms with Crippen molar-refractivity contribution in [1.82, 2.24) is 15.0 Å². The normalized spacial score (nSPS) is 11.7.